The Labute approximate surface area is 84.1 Å². The van der Waals surface area contributed by atoms with E-state index in [0.717, 1.165) is 19.3 Å². The van der Waals surface area contributed by atoms with Gasteiger partial charge in [-0.1, -0.05) is 19.8 Å². The molecule has 0 aliphatic rings. The van der Waals surface area contributed by atoms with Crippen LogP contribution >= 0.6 is 0 Å². The first kappa shape index (κ1) is 10.7. The second-order valence-corrected chi connectivity index (χ2v) is 3.05. The average Bonchev–Trinajstić information content (AvgIpc) is 2.20. The van der Waals surface area contributed by atoms with Gasteiger partial charge in [-0.3, -0.25) is 9.78 Å². The van der Waals surface area contributed by atoms with Gasteiger partial charge in [-0.05, 0) is 12.5 Å². The Bertz CT molecular complexity index is 272. The van der Waals surface area contributed by atoms with Gasteiger partial charge >= 0.3 is 5.97 Å². The molecule has 0 fully saturated rings. The normalized spacial score (nSPS) is 9.79. The molecule has 75 valence electrons. The summed E-state index contributed by atoms with van der Waals surface area (Å²) in [6.07, 6.45) is 7.71. The molecule has 0 atom stereocenters. The lowest BCUT2D eigenvalue weighted by Gasteiger charge is -2.02. The first-order chi connectivity index (χ1) is 6.83. The van der Waals surface area contributed by atoms with Gasteiger partial charge in [0.15, 0.2) is 0 Å². The van der Waals surface area contributed by atoms with Crippen molar-refractivity contribution in [3.63, 3.8) is 0 Å². The number of nitrogens with zero attached hydrogens (tertiary/aromatic N) is 1. The van der Waals surface area contributed by atoms with E-state index in [0.29, 0.717) is 12.2 Å². The fraction of sp³-hybridized carbons (Fsp3) is 0.455. The van der Waals surface area contributed by atoms with Gasteiger partial charge in [0.05, 0.1) is 6.20 Å². The van der Waals surface area contributed by atoms with Gasteiger partial charge in [-0.15, -0.1) is 0 Å². The van der Waals surface area contributed by atoms with E-state index in [9.17, 15) is 4.79 Å². The first-order valence-electron chi connectivity index (χ1n) is 4.85. The molecule has 1 radical (unpaired) electrons. The van der Waals surface area contributed by atoms with Crippen molar-refractivity contribution < 1.29 is 9.53 Å². The maximum Gasteiger partial charge on any atom is 0.311 e. The van der Waals surface area contributed by atoms with Crippen molar-refractivity contribution in [2.75, 3.05) is 0 Å². The van der Waals surface area contributed by atoms with Crippen LogP contribution in [0.1, 0.15) is 32.6 Å². The summed E-state index contributed by atoms with van der Waals surface area (Å²) in [5.41, 5.74) is 0. The summed E-state index contributed by atoms with van der Waals surface area (Å²) in [4.78, 5) is 14.9. The number of esters is 1. The Kier molecular flexibility index (Phi) is 4.69. The van der Waals surface area contributed by atoms with Crippen LogP contribution < -0.4 is 4.74 Å². The molecule has 0 amide bonds. The predicted molar refractivity (Wildman–Crippen MR) is 52.9 cm³/mol. The molecule has 1 aromatic heterocycles. The summed E-state index contributed by atoms with van der Waals surface area (Å²) in [5, 5.41) is 0. The van der Waals surface area contributed by atoms with Gasteiger partial charge in [0.1, 0.15) is 5.75 Å². The van der Waals surface area contributed by atoms with Crippen LogP contribution in [0.15, 0.2) is 18.3 Å². The number of pyridine rings is 1. The zero-order chi connectivity index (χ0) is 10.2. The van der Waals surface area contributed by atoms with Crippen LogP contribution in [0.5, 0.6) is 5.75 Å². The fourth-order valence-corrected chi connectivity index (χ4v) is 1.07. The third-order valence-electron chi connectivity index (χ3n) is 1.81. The molecule has 0 aliphatic carbocycles. The van der Waals surface area contributed by atoms with Crippen molar-refractivity contribution >= 4 is 5.97 Å². The minimum atomic E-state index is -0.182. The lowest BCUT2D eigenvalue weighted by atomic mass is 10.2. The van der Waals surface area contributed by atoms with E-state index in [1.54, 1.807) is 18.3 Å². The van der Waals surface area contributed by atoms with Crippen LogP contribution in [0.4, 0.5) is 0 Å². The number of hydrogen-bond donors (Lipinski definition) is 0. The van der Waals surface area contributed by atoms with E-state index in [2.05, 4.69) is 18.1 Å². The van der Waals surface area contributed by atoms with Gasteiger partial charge in [-0.25, -0.2) is 0 Å². The summed E-state index contributed by atoms with van der Waals surface area (Å²) in [6, 6.07) is 3.20. The van der Waals surface area contributed by atoms with Crippen molar-refractivity contribution in [2.24, 2.45) is 0 Å². The van der Waals surface area contributed by atoms with Crippen molar-refractivity contribution in [3.8, 4) is 5.75 Å². The molecule has 1 heterocycles. The Balaban J connectivity index is 2.27. The molecule has 0 unspecified atom stereocenters. The maximum absolute atomic E-state index is 11.2. The summed E-state index contributed by atoms with van der Waals surface area (Å²) in [5.74, 6) is 0.333. The highest BCUT2D eigenvalue weighted by Crippen LogP contribution is 2.09. The van der Waals surface area contributed by atoms with Crippen LogP contribution in [0.3, 0.4) is 0 Å². The largest absolute Gasteiger partial charge is 0.426 e. The minimum Gasteiger partial charge on any atom is -0.426 e. The molecule has 0 N–H and O–H groups in total. The van der Waals surface area contributed by atoms with Crippen molar-refractivity contribution in [2.45, 2.75) is 32.6 Å². The van der Waals surface area contributed by atoms with Gasteiger partial charge in [0, 0.05) is 18.7 Å². The second-order valence-electron chi connectivity index (χ2n) is 3.05. The van der Waals surface area contributed by atoms with E-state index in [4.69, 9.17) is 4.74 Å². The summed E-state index contributed by atoms with van der Waals surface area (Å²) >= 11 is 0. The van der Waals surface area contributed by atoms with Gasteiger partial charge in [0.25, 0.3) is 0 Å². The van der Waals surface area contributed by atoms with Crippen LogP contribution in [0, 0.1) is 6.20 Å². The van der Waals surface area contributed by atoms with Gasteiger partial charge < -0.3 is 4.74 Å². The van der Waals surface area contributed by atoms with Crippen molar-refractivity contribution in [3.05, 3.63) is 24.5 Å². The monoisotopic (exact) mass is 192 g/mol. The Hall–Kier alpha value is -1.38. The number of unbranched alkanes of at least 4 members (excludes halogenated alkanes) is 2. The van der Waals surface area contributed by atoms with E-state index in [1.807, 2.05) is 0 Å². The lowest BCUT2D eigenvalue weighted by molar-refractivity contribution is -0.134. The number of ether oxygens (including phenoxy) is 1. The third kappa shape index (κ3) is 4.03. The van der Waals surface area contributed by atoms with Crippen molar-refractivity contribution in [1.82, 2.24) is 4.98 Å². The van der Waals surface area contributed by atoms with E-state index < -0.39 is 0 Å². The highest BCUT2D eigenvalue weighted by atomic mass is 16.5. The summed E-state index contributed by atoms with van der Waals surface area (Å²) in [7, 11) is 0. The predicted octanol–water partition coefficient (Wildman–Crippen LogP) is 2.37. The second kappa shape index (κ2) is 6.13. The topological polar surface area (TPSA) is 39.2 Å². The Morgan fingerprint density at radius 2 is 2.43 bits per heavy atom. The Morgan fingerprint density at radius 1 is 1.57 bits per heavy atom. The maximum atomic E-state index is 11.2. The number of carbonyl (C=O) groups excluding carboxylic acids is 1. The molecule has 1 rings (SSSR count). The third-order valence-corrected chi connectivity index (χ3v) is 1.81. The molecular formula is C11H14NO2. The van der Waals surface area contributed by atoms with Crippen LogP contribution in [-0.2, 0) is 4.79 Å². The molecule has 0 aliphatic heterocycles. The zero-order valence-electron chi connectivity index (χ0n) is 8.32. The van der Waals surface area contributed by atoms with Gasteiger partial charge in [-0.2, -0.15) is 0 Å². The number of aromatic nitrogens is 1. The molecule has 0 spiro atoms. The highest BCUT2D eigenvalue weighted by Gasteiger charge is 2.03. The average molecular weight is 192 g/mol. The quantitative estimate of drug-likeness (QED) is 0.531. The summed E-state index contributed by atoms with van der Waals surface area (Å²) in [6.45, 7) is 2.10. The van der Waals surface area contributed by atoms with E-state index >= 15 is 0 Å². The van der Waals surface area contributed by atoms with Gasteiger partial charge in [0.2, 0.25) is 0 Å². The molecule has 3 heteroatoms. The van der Waals surface area contributed by atoms with Crippen LogP contribution in [0.2, 0.25) is 0 Å². The van der Waals surface area contributed by atoms with Crippen LogP contribution in [-0.4, -0.2) is 11.0 Å². The summed E-state index contributed by atoms with van der Waals surface area (Å²) < 4.78 is 5.05. The molecule has 0 saturated carbocycles. The molecule has 14 heavy (non-hydrogen) atoms. The van der Waals surface area contributed by atoms with E-state index in [1.165, 1.54) is 0 Å². The first-order valence-corrected chi connectivity index (χ1v) is 4.85. The SMILES string of the molecule is CCCCCC(=O)Oc1c[c]ncc1. The Morgan fingerprint density at radius 3 is 3.07 bits per heavy atom. The minimum absolute atomic E-state index is 0.182. The smallest absolute Gasteiger partial charge is 0.311 e. The molecule has 1 aromatic rings. The number of carbonyl (C=O) groups is 1. The standard InChI is InChI=1S/C11H14NO2/c1-2-3-4-5-11(13)14-10-6-8-12-9-7-10/h6-8H,2-5H2,1H3. The highest BCUT2D eigenvalue weighted by molar-refractivity contribution is 5.72. The lowest BCUT2D eigenvalue weighted by Crippen LogP contribution is -2.07. The van der Waals surface area contributed by atoms with Crippen LogP contribution in [0.25, 0.3) is 0 Å². The van der Waals surface area contributed by atoms with E-state index in [-0.39, 0.29) is 5.97 Å². The fourth-order valence-electron chi connectivity index (χ4n) is 1.07. The molecule has 0 aromatic carbocycles. The molecule has 0 bridgehead atoms. The number of hydrogen-bond acceptors (Lipinski definition) is 3. The zero-order valence-corrected chi connectivity index (χ0v) is 8.32. The molecule has 3 nitrogen and oxygen atoms in total. The molecule has 0 saturated heterocycles. The van der Waals surface area contributed by atoms with Crippen molar-refractivity contribution in [1.29, 1.82) is 0 Å². The molecular weight excluding hydrogens is 178 g/mol. The number of rotatable bonds is 5.